The van der Waals surface area contributed by atoms with Gasteiger partial charge in [-0.25, -0.2) is 4.79 Å². The maximum absolute atomic E-state index is 13.1. The van der Waals surface area contributed by atoms with Crippen LogP contribution in [0.5, 0.6) is 0 Å². The molecule has 14 heteroatoms. The Morgan fingerprint density at radius 1 is 0.676 bits per heavy atom. The number of ether oxygens (including phenoxy) is 11. The smallest absolute Gasteiger partial charge is 0.339 e. The molecule has 2 aromatic rings. The van der Waals surface area contributed by atoms with E-state index in [1.165, 1.54) is 0 Å². The summed E-state index contributed by atoms with van der Waals surface area (Å²) in [6, 6.07) is 13.4. The van der Waals surface area contributed by atoms with Crippen LogP contribution in [0.25, 0.3) is 10.8 Å². The van der Waals surface area contributed by atoms with Gasteiger partial charge in [0.15, 0.2) is 0 Å². The molecule has 10 aliphatic rings. The van der Waals surface area contributed by atoms with Crippen LogP contribution in [0.15, 0.2) is 78.9 Å². The molecule has 8 saturated heterocycles. The first-order valence-electron chi connectivity index (χ1n) is 28.2. The molecule has 14 nitrogen and oxygen atoms in total. The molecule has 8 fully saturated rings. The minimum atomic E-state index is -0.733. The average Bonchev–Trinajstić information content (AvgIpc) is 3.67. The van der Waals surface area contributed by atoms with E-state index >= 15 is 0 Å². The lowest BCUT2D eigenvalue weighted by Crippen LogP contribution is -2.65. The van der Waals surface area contributed by atoms with Crippen LogP contribution in [0, 0.1) is 11.8 Å². The van der Waals surface area contributed by atoms with Crippen molar-refractivity contribution in [3.63, 3.8) is 0 Å². The highest BCUT2D eigenvalue weighted by atomic mass is 16.6. The van der Waals surface area contributed by atoms with Crippen molar-refractivity contribution in [1.82, 2.24) is 0 Å². The fourth-order valence-electron chi connectivity index (χ4n) is 14.8. The van der Waals surface area contributed by atoms with E-state index in [0.29, 0.717) is 50.0 Å². The third-order valence-electron chi connectivity index (χ3n) is 18.4. The van der Waals surface area contributed by atoms with Gasteiger partial charge in [-0.1, -0.05) is 81.1 Å². The van der Waals surface area contributed by atoms with Gasteiger partial charge in [0, 0.05) is 25.7 Å². The van der Waals surface area contributed by atoms with Gasteiger partial charge in [0.05, 0.1) is 109 Å². The van der Waals surface area contributed by atoms with Gasteiger partial charge in [-0.3, -0.25) is 4.79 Å². The van der Waals surface area contributed by atoms with E-state index in [-0.39, 0.29) is 123 Å². The van der Waals surface area contributed by atoms with Crippen LogP contribution in [-0.2, 0) is 56.9 Å². The van der Waals surface area contributed by atoms with Crippen LogP contribution < -0.4 is 0 Å². The SMILES string of the molecule is C=C(COC(=O)c1cccc2ccccc12)CC1CC(O)C2OC3CC4(C)OC5C=CCC6OC7C(C)CC8OC9(C)CC(C)CC%10OC(=O)CC%10OC9CC8OC7CC=CCC6OC5CCCC4OC3CC2O1. The molecule has 0 saturated carbocycles. The average molecular weight is 1020 g/mol. The molecule has 10 heterocycles. The molecule has 1 N–H and O–H groups in total. The van der Waals surface area contributed by atoms with E-state index in [9.17, 15) is 14.7 Å². The predicted octanol–water partition coefficient (Wildman–Crippen LogP) is 8.76. The fraction of sp³-hybridized carbons (Fsp3) is 0.700. The number of benzene rings is 2. The standard InChI is InChI=1S/C60H78O14/c1-33-24-46-49(29-55(62)70-46)69-54-28-48-50(74-59(54,4)30-33)25-35(3)56-45(67-48)18-9-8-17-41-42(71-56)19-11-21-44-43(66-41)20-12-22-53-60(5,73-44)31-52-47(68-53)27-51-57(72-52)40(61)26-37(65-51)23-34(2)32-64-58(63)39-16-10-14-36-13-6-7-15-38(36)39/h6-11,13-16,21,33,35,37,40-54,56-57,61H,2,12,17-20,22-32H2,1,3-5H3. The number of carbonyl (C=O) groups is 2. The van der Waals surface area contributed by atoms with Crippen LogP contribution in [0.3, 0.4) is 0 Å². The summed E-state index contributed by atoms with van der Waals surface area (Å²) in [4.78, 5) is 25.5. The van der Waals surface area contributed by atoms with Crippen LogP contribution in [0.2, 0.25) is 0 Å². The van der Waals surface area contributed by atoms with Crippen LogP contribution >= 0.6 is 0 Å². The molecule has 10 aliphatic heterocycles. The second-order valence-corrected chi connectivity index (χ2v) is 24.3. The number of rotatable bonds is 5. The molecule has 74 heavy (non-hydrogen) atoms. The molecule has 0 spiro atoms. The van der Waals surface area contributed by atoms with Crippen molar-refractivity contribution in [2.75, 3.05) is 6.61 Å². The number of carbonyl (C=O) groups excluding carboxylic acids is 2. The number of fused-ring (bicyclic) bond motifs is 10. The minimum Gasteiger partial charge on any atom is -0.459 e. The zero-order valence-electron chi connectivity index (χ0n) is 43.7. The monoisotopic (exact) mass is 1020 g/mol. The largest absolute Gasteiger partial charge is 0.459 e. The van der Waals surface area contributed by atoms with Gasteiger partial charge >= 0.3 is 11.9 Å². The highest BCUT2D eigenvalue weighted by Crippen LogP contribution is 2.49. The van der Waals surface area contributed by atoms with Gasteiger partial charge in [0.2, 0.25) is 0 Å². The Kier molecular flexibility index (Phi) is 14.5. The van der Waals surface area contributed by atoms with E-state index in [0.717, 1.165) is 67.7 Å². The molecular weight excluding hydrogens is 945 g/mol. The van der Waals surface area contributed by atoms with Crippen molar-refractivity contribution in [1.29, 1.82) is 0 Å². The van der Waals surface area contributed by atoms with Gasteiger partial charge in [0.25, 0.3) is 0 Å². The summed E-state index contributed by atoms with van der Waals surface area (Å²) in [5.74, 6) is -0.0777. The predicted molar refractivity (Wildman–Crippen MR) is 272 cm³/mol. The second-order valence-electron chi connectivity index (χ2n) is 24.3. The van der Waals surface area contributed by atoms with Gasteiger partial charge in [-0.2, -0.15) is 0 Å². The van der Waals surface area contributed by atoms with Gasteiger partial charge in [-0.15, -0.1) is 0 Å². The van der Waals surface area contributed by atoms with E-state index < -0.39 is 29.4 Å². The Hall–Kier alpha value is -3.54. The molecule has 0 aromatic heterocycles. The Labute approximate surface area is 436 Å². The molecule has 22 atom stereocenters. The Morgan fingerprint density at radius 3 is 2.30 bits per heavy atom. The molecular formula is C60H78O14. The summed E-state index contributed by atoms with van der Waals surface area (Å²) in [5, 5.41) is 13.4. The van der Waals surface area contributed by atoms with Crippen molar-refractivity contribution in [2.45, 2.75) is 245 Å². The third-order valence-corrected chi connectivity index (χ3v) is 18.4. The van der Waals surface area contributed by atoms with Crippen LogP contribution in [0.1, 0.15) is 134 Å². The van der Waals surface area contributed by atoms with E-state index in [4.69, 9.17) is 52.1 Å². The Bertz CT molecular complexity index is 2440. The number of aliphatic hydroxyl groups is 1. The first-order valence-corrected chi connectivity index (χ1v) is 28.2. The zero-order chi connectivity index (χ0) is 50.9. The number of esters is 2. The zero-order valence-corrected chi connectivity index (χ0v) is 43.7. The lowest BCUT2D eigenvalue weighted by atomic mass is 9.78. The Balaban J connectivity index is 0.672. The summed E-state index contributed by atoms with van der Waals surface area (Å²) in [7, 11) is 0. The first kappa shape index (κ1) is 51.2. The fourth-order valence-corrected chi connectivity index (χ4v) is 14.8. The quantitative estimate of drug-likeness (QED) is 0.224. The molecule has 0 radical (unpaired) electrons. The summed E-state index contributed by atoms with van der Waals surface area (Å²) >= 11 is 0. The van der Waals surface area contributed by atoms with Crippen molar-refractivity contribution in [2.24, 2.45) is 11.8 Å². The second kappa shape index (κ2) is 21.0. The van der Waals surface area contributed by atoms with Gasteiger partial charge in [0.1, 0.15) is 31.0 Å². The molecule has 402 valence electrons. The lowest BCUT2D eigenvalue weighted by molar-refractivity contribution is -0.316. The maximum atomic E-state index is 13.1. The summed E-state index contributed by atoms with van der Waals surface area (Å²) in [6.07, 6.45) is 14.6. The number of hydrogen-bond donors (Lipinski definition) is 1. The molecule has 0 amide bonds. The van der Waals surface area contributed by atoms with Gasteiger partial charge in [-0.05, 0) is 112 Å². The normalized spacial score (nSPS) is 46.1. The highest BCUT2D eigenvalue weighted by molar-refractivity contribution is 6.04. The van der Waals surface area contributed by atoms with E-state index in [1.54, 1.807) is 6.07 Å². The summed E-state index contributed by atoms with van der Waals surface area (Å²) in [6.45, 7) is 13.2. The Morgan fingerprint density at radius 2 is 1.42 bits per heavy atom. The summed E-state index contributed by atoms with van der Waals surface area (Å²) < 4.78 is 74.6. The van der Waals surface area contributed by atoms with Crippen molar-refractivity contribution < 1.29 is 66.8 Å². The highest BCUT2D eigenvalue weighted by Gasteiger charge is 2.57. The minimum absolute atomic E-state index is 0.0681. The van der Waals surface area contributed by atoms with E-state index in [2.05, 4.69) is 58.6 Å². The van der Waals surface area contributed by atoms with Crippen LogP contribution in [0.4, 0.5) is 0 Å². The molecule has 0 bridgehead atoms. The number of aliphatic hydroxyl groups excluding tert-OH is 1. The number of hydrogen-bond acceptors (Lipinski definition) is 14. The van der Waals surface area contributed by atoms with E-state index in [1.807, 2.05) is 36.4 Å². The van der Waals surface area contributed by atoms with Gasteiger partial charge < -0.3 is 57.2 Å². The third kappa shape index (κ3) is 10.4. The van der Waals surface area contributed by atoms with Crippen molar-refractivity contribution in [3.05, 3.63) is 84.5 Å². The lowest BCUT2D eigenvalue weighted by Gasteiger charge is -2.55. The topological polar surface area (TPSA) is 156 Å². The van der Waals surface area contributed by atoms with Crippen molar-refractivity contribution >= 4 is 22.7 Å². The molecule has 0 aliphatic carbocycles. The van der Waals surface area contributed by atoms with Crippen LogP contribution in [-0.4, -0.2) is 145 Å². The molecule has 2 aromatic carbocycles. The summed E-state index contributed by atoms with van der Waals surface area (Å²) in [5.41, 5.74) is 0.104. The maximum Gasteiger partial charge on any atom is 0.339 e. The van der Waals surface area contributed by atoms with Crippen molar-refractivity contribution in [3.8, 4) is 0 Å². The molecule has 12 rings (SSSR count). The first-order chi connectivity index (χ1) is 35.7. The molecule has 22 unspecified atom stereocenters.